The summed E-state index contributed by atoms with van der Waals surface area (Å²) in [7, 11) is 0. The summed E-state index contributed by atoms with van der Waals surface area (Å²) in [5.74, 6) is -2.06. The predicted molar refractivity (Wildman–Crippen MR) is 104 cm³/mol. The first-order valence-electron chi connectivity index (χ1n) is 8.76. The van der Waals surface area contributed by atoms with Gasteiger partial charge >= 0.3 is 6.03 Å². The van der Waals surface area contributed by atoms with Crippen LogP contribution in [-0.4, -0.2) is 36.6 Å². The quantitative estimate of drug-likeness (QED) is 0.532. The average molecular weight is 400 g/mol. The highest BCUT2D eigenvalue weighted by Gasteiger charge is 2.09. The minimum Gasteiger partial charge on any atom is -0.489 e. The van der Waals surface area contributed by atoms with Crippen LogP contribution in [0.4, 0.5) is 19.3 Å². The Balaban J connectivity index is 1.39. The number of aromatic nitrogens is 1. The molecule has 0 aliphatic heterocycles. The number of nitrogens with zero attached hydrogens (tertiary/aromatic N) is 1. The van der Waals surface area contributed by atoms with Crippen molar-refractivity contribution in [2.45, 2.75) is 0 Å². The molecule has 0 fully saturated rings. The van der Waals surface area contributed by atoms with E-state index in [4.69, 9.17) is 4.74 Å². The van der Waals surface area contributed by atoms with Crippen molar-refractivity contribution in [3.63, 3.8) is 0 Å². The van der Waals surface area contributed by atoms with Gasteiger partial charge in [0.05, 0.1) is 24.3 Å². The molecular formula is C20H18F2N4O3. The zero-order chi connectivity index (χ0) is 20.6. The molecule has 0 atom stereocenters. The lowest BCUT2D eigenvalue weighted by molar-refractivity contribution is -0.115. The lowest BCUT2D eigenvalue weighted by Gasteiger charge is -2.10. The number of rotatable bonds is 7. The second-order valence-electron chi connectivity index (χ2n) is 5.96. The molecule has 0 aliphatic carbocycles. The second-order valence-corrected chi connectivity index (χ2v) is 5.96. The lowest BCUT2D eigenvalue weighted by Crippen LogP contribution is -2.41. The van der Waals surface area contributed by atoms with Gasteiger partial charge in [-0.2, -0.15) is 0 Å². The molecule has 3 aromatic rings. The number of hydrogen-bond donors (Lipinski definition) is 3. The number of nitrogens with one attached hydrogen (secondary N) is 3. The first-order valence-corrected chi connectivity index (χ1v) is 8.76. The van der Waals surface area contributed by atoms with Gasteiger partial charge in [0.2, 0.25) is 5.91 Å². The van der Waals surface area contributed by atoms with Gasteiger partial charge in [0.15, 0.2) is 11.6 Å². The van der Waals surface area contributed by atoms with Gasteiger partial charge in [0.25, 0.3) is 0 Å². The maximum atomic E-state index is 13.4. The number of amides is 3. The van der Waals surface area contributed by atoms with Crippen molar-refractivity contribution in [1.29, 1.82) is 0 Å². The second kappa shape index (κ2) is 9.45. The number of hydrogen-bond acceptors (Lipinski definition) is 4. The number of halogens is 2. The Kier molecular flexibility index (Phi) is 6.51. The molecule has 9 heteroatoms. The van der Waals surface area contributed by atoms with Gasteiger partial charge in [-0.05, 0) is 24.3 Å². The van der Waals surface area contributed by atoms with E-state index in [1.807, 2.05) is 12.1 Å². The van der Waals surface area contributed by atoms with E-state index in [2.05, 4.69) is 20.9 Å². The van der Waals surface area contributed by atoms with Crippen LogP contribution >= 0.6 is 0 Å². The number of carbonyl (C=O) groups excluding carboxylic acids is 2. The van der Waals surface area contributed by atoms with Gasteiger partial charge in [0, 0.05) is 17.6 Å². The van der Waals surface area contributed by atoms with Crippen LogP contribution in [0.3, 0.4) is 0 Å². The Morgan fingerprint density at radius 2 is 1.86 bits per heavy atom. The first kappa shape index (κ1) is 20.0. The number of ether oxygens (including phenoxy) is 1. The van der Waals surface area contributed by atoms with Crippen molar-refractivity contribution >= 4 is 28.5 Å². The summed E-state index contributed by atoms with van der Waals surface area (Å²) in [4.78, 5) is 28.0. The van der Waals surface area contributed by atoms with Gasteiger partial charge < -0.3 is 20.7 Å². The molecule has 0 radical (unpaired) electrons. The van der Waals surface area contributed by atoms with Gasteiger partial charge in [-0.15, -0.1) is 0 Å². The molecule has 0 saturated heterocycles. The average Bonchev–Trinajstić information content (AvgIpc) is 2.71. The monoisotopic (exact) mass is 400 g/mol. The summed E-state index contributed by atoms with van der Waals surface area (Å²) in [5.41, 5.74) is 1.20. The Morgan fingerprint density at radius 1 is 1.03 bits per heavy atom. The highest BCUT2D eigenvalue weighted by Crippen LogP contribution is 2.20. The van der Waals surface area contributed by atoms with Gasteiger partial charge in [0.1, 0.15) is 12.4 Å². The summed E-state index contributed by atoms with van der Waals surface area (Å²) in [6.45, 7) is -0.205. The fourth-order valence-electron chi connectivity index (χ4n) is 2.54. The Hall–Kier alpha value is -3.75. The van der Waals surface area contributed by atoms with E-state index in [9.17, 15) is 18.4 Å². The summed E-state index contributed by atoms with van der Waals surface area (Å²) in [5, 5.41) is 8.46. The molecule has 3 N–H and O–H groups in total. The maximum Gasteiger partial charge on any atom is 0.315 e. The molecule has 0 bridgehead atoms. The summed E-state index contributed by atoms with van der Waals surface area (Å²) >= 11 is 0. The highest BCUT2D eigenvalue weighted by atomic mass is 19.1. The van der Waals surface area contributed by atoms with Crippen LogP contribution < -0.4 is 20.7 Å². The van der Waals surface area contributed by atoms with Crippen molar-refractivity contribution in [2.75, 3.05) is 25.0 Å². The van der Waals surface area contributed by atoms with E-state index >= 15 is 0 Å². The van der Waals surface area contributed by atoms with Crippen LogP contribution in [0.2, 0.25) is 0 Å². The van der Waals surface area contributed by atoms with E-state index in [1.54, 1.807) is 24.4 Å². The van der Waals surface area contributed by atoms with E-state index in [0.29, 0.717) is 17.3 Å². The number of para-hydroxylation sites is 1. The van der Waals surface area contributed by atoms with E-state index in [-0.39, 0.29) is 25.4 Å². The van der Waals surface area contributed by atoms with Crippen LogP contribution in [-0.2, 0) is 4.79 Å². The number of anilines is 1. The number of pyridine rings is 1. The van der Waals surface area contributed by atoms with Crippen molar-refractivity contribution in [2.24, 2.45) is 0 Å². The minimum atomic E-state index is -0.825. The van der Waals surface area contributed by atoms with E-state index in [1.165, 1.54) is 0 Å². The summed E-state index contributed by atoms with van der Waals surface area (Å²) < 4.78 is 31.3. The molecule has 0 aliphatic rings. The molecule has 0 unspecified atom stereocenters. The van der Waals surface area contributed by atoms with Crippen molar-refractivity contribution in [1.82, 2.24) is 15.6 Å². The number of benzene rings is 2. The molecule has 2 aromatic carbocycles. The van der Waals surface area contributed by atoms with E-state index < -0.39 is 23.6 Å². The van der Waals surface area contributed by atoms with Crippen LogP contribution in [0.15, 0.2) is 54.7 Å². The molecular weight excluding hydrogens is 382 g/mol. The van der Waals surface area contributed by atoms with Crippen molar-refractivity contribution < 1.29 is 23.1 Å². The highest BCUT2D eigenvalue weighted by molar-refractivity contribution is 6.01. The molecule has 29 heavy (non-hydrogen) atoms. The van der Waals surface area contributed by atoms with Crippen LogP contribution in [0.25, 0.3) is 10.9 Å². The summed E-state index contributed by atoms with van der Waals surface area (Å²) in [6.07, 6.45) is 1.63. The van der Waals surface area contributed by atoms with Crippen molar-refractivity contribution in [3.8, 4) is 5.75 Å². The Labute approximate surface area is 165 Å². The molecule has 1 aromatic heterocycles. The molecule has 0 spiro atoms. The SMILES string of the molecule is O=C(CNC(=O)NCCOc1ccc(F)cc1F)Nc1cccc2cccnc12. The predicted octanol–water partition coefficient (Wildman–Crippen LogP) is 2.83. The van der Waals surface area contributed by atoms with Gasteiger partial charge in [-0.1, -0.05) is 18.2 Å². The molecule has 150 valence electrons. The molecule has 1 heterocycles. The smallest absolute Gasteiger partial charge is 0.315 e. The number of urea groups is 1. The minimum absolute atomic E-state index is 0.0240. The third-order valence-corrected chi connectivity index (χ3v) is 3.86. The Bertz CT molecular complexity index is 1020. The molecule has 7 nitrogen and oxygen atoms in total. The third kappa shape index (κ3) is 5.61. The zero-order valence-electron chi connectivity index (χ0n) is 15.2. The van der Waals surface area contributed by atoms with Crippen molar-refractivity contribution in [3.05, 3.63) is 66.4 Å². The number of fused-ring (bicyclic) bond motifs is 1. The molecule has 3 rings (SSSR count). The van der Waals surface area contributed by atoms with Gasteiger partial charge in [-0.3, -0.25) is 9.78 Å². The van der Waals surface area contributed by atoms with Crippen LogP contribution in [0, 0.1) is 11.6 Å². The van der Waals surface area contributed by atoms with E-state index in [0.717, 1.165) is 17.5 Å². The number of carbonyl (C=O) groups is 2. The normalized spacial score (nSPS) is 10.4. The topological polar surface area (TPSA) is 92.4 Å². The zero-order valence-corrected chi connectivity index (χ0v) is 15.2. The third-order valence-electron chi connectivity index (χ3n) is 3.86. The summed E-state index contributed by atoms with van der Waals surface area (Å²) in [6, 6.07) is 11.4. The first-order chi connectivity index (χ1) is 14.0. The Morgan fingerprint density at radius 3 is 2.69 bits per heavy atom. The largest absolute Gasteiger partial charge is 0.489 e. The fraction of sp³-hybridized carbons (Fsp3) is 0.150. The van der Waals surface area contributed by atoms with Crippen LogP contribution in [0.5, 0.6) is 5.75 Å². The van der Waals surface area contributed by atoms with Gasteiger partial charge in [-0.25, -0.2) is 13.6 Å². The lowest BCUT2D eigenvalue weighted by atomic mass is 10.2. The standard InChI is InChI=1S/C20H18F2N4O3/c21-14-6-7-17(15(22)11-14)29-10-9-24-20(28)25-12-18(27)26-16-5-1-3-13-4-2-8-23-19(13)16/h1-8,11H,9-10,12H2,(H,26,27)(H2,24,25,28). The fourth-order valence-corrected chi connectivity index (χ4v) is 2.54. The molecule has 0 saturated carbocycles. The van der Waals surface area contributed by atoms with Crippen LogP contribution in [0.1, 0.15) is 0 Å². The maximum absolute atomic E-state index is 13.4. The molecule has 3 amide bonds.